The van der Waals surface area contributed by atoms with Crippen LogP contribution in [0, 0.1) is 0 Å². The van der Waals surface area contributed by atoms with Crippen LogP contribution in [0.25, 0.3) is 0 Å². The zero-order valence-electron chi connectivity index (χ0n) is 13.8. The zero-order chi connectivity index (χ0) is 16.1. The van der Waals surface area contributed by atoms with Crippen molar-refractivity contribution in [2.24, 2.45) is 0 Å². The summed E-state index contributed by atoms with van der Waals surface area (Å²) in [4.78, 5) is 11.0. The first-order chi connectivity index (χ1) is 9.99. The molecule has 0 heterocycles. The molecule has 3 unspecified atom stereocenters. The quantitative estimate of drug-likeness (QED) is 0.226. The summed E-state index contributed by atoms with van der Waals surface area (Å²) in [6.07, 6.45) is 9.40. The van der Waals surface area contributed by atoms with E-state index in [-0.39, 0.29) is 12.1 Å². The van der Waals surface area contributed by atoms with Gasteiger partial charge in [0.05, 0.1) is 6.61 Å². The Morgan fingerprint density at radius 2 is 1.86 bits per heavy atom. The van der Waals surface area contributed by atoms with Crippen LogP contribution in [0.3, 0.4) is 0 Å². The maximum atomic E-state index is 11.0. The van der Waals surface area contributed by atoms with Crippen molar-refractivity contribution in [2.75, 3.05) is 6.61 Å². The van der Waals surface area contributed by atoms with Crippen LogP contribution >= 0.6 is 17.4 Å². The molecular formula is C16H30O3P2. The van der Waals surface area contributed by atoms with Crippen LogP contribution in [0.5, 0.6) is 0 Å². The molecule has 0 aromatic carbocycles. The Morgan fingerprint density at radius 3 is 2.43 bits per heavy atom. The van der Waals surface area contributed by atoms with Crippen molar-refractivity contribution in [1.82, 2.24) is 0 Å². The van der Waals surface area contributed by atoms with Crippen molar-refractivity contribution in [3.63, 3.8) is 0 Å². The standard InChI is InChI=1S/C16H30O3P2/c1-5-16(19-15(4)17)10-9-13(2)7-6-8-14(3)11-12-18-21-20/h7,11,16,21H,5-6,8-10,12,20H2,1-4H3. The topological polar surface area (TPSA) is 35.5 Å². The number of carbonyl (C=O) groups excluding carboxylic acids is 1. The maximum Gasteiger partial charge on any atom is 0.302 e. The minimum Gasteiger partial charge on any atom is -0.463 e. The average Bonchev–Trinajstić information content (AvgIpc) is 2.43. The van der Waals surface area contributed by atoms with Crippen molar-refractivity contribution in [3.05, 3.63) is 23.3 Å². The molecule has 0 radical (unpaired) electrons. The first kappa shape index (κ1) is 20.8. The van der Waals surface area contributed by atoms with Gasteiger partial charge in [0, 0.05) is 15.4 Å². The molecule has 21 heavy (non-hydrogen) atoms. The van der Waals surface area contributed by atoms with Gasteiger partial charge in [-0.3, -0.25) is 4.79 Å². The minimum absolute atomic E-state index is 0.0531. The van der Waals surface area contributed by atoms with E-state index in [2.05, 4.69) is 41.9 Å². The highest BCUT2D eigenvalue weighted by molar-refractivity contribution is 8.00. The Kier molecular flexibility index (Phi) is 13.3. The van der Waals surface area contributed by atoms with Gasteiger partial charge in [-0.2, -0.15) is 0 Å². The third-order valence-corrected chi connectivity index (χ3v) is 4.11. The van der Waals surface area contributed by atoms with Crippen LogP contribution in [0.2, 0.25) is 0 Å². The molecule has 0 saturated heterocycles. The highest BCUT2D eigenvalue weighted by Crippen LogP contribution is 2.21. The predicted octanol–water partition coefficient (Wildman–Crippen LogP) is 5.18. The molecule has 0 saturated carbocycles. The fourth-order valence-corrected chi connectivity index (χ4v) is 2.42. The summed E-state index contributed by atoms with van der Waals surface area (Å²) in [5, 5.41) is 0. The molecule has 0 N–H and O–H groups in total. The van der Waals surface area contributed by atoms with Crippen molar-refractivity contribution in [2.45, 2.75) is 65.9 Å². The molecule has 0 aliphatic carbocycles. The number of rotatable bonds is 11. The van der Waals surface area contributed by atoms with Crippen LogP contribution in [0.4, 0.5) is 0 Å². The van der Waals surface area contributed by atoms with Gasteiger partial charge in [0.25, 0.3) is 0 Å². The lowest BCUT2D eigenvalue weighted by atomic mass is 10.0. The van der Waals surface area contributed by atoms with Gasteiger partial charge < -0.3 is 9.26 Å². The third-order valence-electron chi connectivity index (χ3n) is 3.28. The van der Waals surface area contributed by atoms with Crippen LogP contribution in [-0.4, -0.2) is 18.7 Å². The normalized spacial score (nSPS) is 14.7. The zero-order valence-corrected chi connectivity index (χ0v) is 15.9. The number of esters is 1. The Hall–Kier alpha value is -0.230. The molecule has 0 amide bonds. The molecule has 0 aliphatic rings. The monoisotopic (exact) mass is 332 g/mol. The highest BCUT2D eigenvalue weighted by Gasteiger charge is 2.09. The largest absolute Gasteiger partial charge is 0.463 e. The molecule has 5 heteroatoms. The SMILES string of the molecule is CCC(CCC(C)=CCCC(C)=CCOPP)OC(C)=O. The maximum absolute atomic E-state index is 11.0. The summed E-state index contributed by atoms with van der Waals surface area (Å²) in [7, 11) is 3.05. The van der Waals surface area contributed by atoms with E-state index < -0.39 is 0 Å². The van der Waals surface area contributed by atoms with Gasteiger partial charge >= 0.3 is 5.97 Å². The molecule has 0 bridgehead atoms. The Bertz CT molecular complexity index is 351. The highest BCUT2D eigenvalue weighted by atomic mass is 32.0. The lowest BCUT2D eigenvalue weighted by Gasteiger charge is -2.14. The summed E-state index contributed by atoms with van der Waals surface area (Å²) < 4.78 is 10.6. The second-order valence-corrected chi connectivity index (χ2v) is 6.48. The van der Waals surface area contributed by atoms with E-state index in [1.807, 2.05) is 0 Å². The van der Waals surface area contributed by atoms with Crippen molar-refractivity contribution < 1.29 is 14.1 Å². The predicted molar refractivity (Wildman–Crippen MR) is 95.8 cm³/mol. The average molecular weight is 332 g/mol. The van der Waals surface area contributed by atoms with E-state index in [1.54, 1.807) is 0 Å². The summed E-state index contributed by atoms with van der Waals surface area (Å²) in [6, 6.07) is 0. The van der Waals surface area contributed by atoms with E-state index >= 15 is 0 Å². The van der Waals surface area contributed by atoms with Gasteiger partial charge in [0.2, 0.25) is 0 Å². The number of hydrogen-bond donors (Lipinski definition) is 0. The number of hydrogen-bond acceptors (Lipinski definition) is 3. The first-order valence-corrected chi connectivity index (χ1v) is 10.3. The van der Waals surface area contributed by atoms with E-state index in [1.165, 1.54) is 18.1 Å². The molecule has 0 rings (SSSR count). The first-order valence-electron chi connectivity index (χ1n) is 7.55. The lowest BCUT2D eigenvalue weighted by Crippen LogP contribution is -2.15. The van der Waals surface area contributed by atoms with Gasteiger partial charge in [-0.1, -0.05) is 39.2 Å². The summed E-state index contributed by atoms with van der Waals surface area (Å²) in [6.45, 7) is 8.53. The second kappa shape index (κ2) is 13.4. The van der Waals surface area contributed by atoms with Crippen LogP contribution in [0.1, 0.15) is 59.8 Å². The Labute approximate surface area is 133 Å². The third kappa shape index (κ3) is 13.2. The fraction of sp³-hybridized carbons (Fsp3) is 0.688. The molecule has 122 valence electrons. The minimum atomic E-state index is -0.183. The molecule has 0 fully saturated rings. The molecule has 0 spiro atoms. The van der Waals surface area contributed by atoms with E-state index in [0.29, 0.717) is 15.1 Å². The molecule has 0 aromatic heterocycles. The van der Waals surface area contributed by atoms with Gasteiger partial charge in [-0.05, 0) is 46.0 Å². The molecule has 0 aromatic rings. The van der Waals surface area contributed by atoms with E-state index in [9.17, 15) is 4.79 Å². The van der Waals surface area contributed by atoms with Crippen molar-refractivity contribution >= 4 is 23.4 Å². The molecular weight excluding hydrogens is 302 g/mol. The summed E-state index contributed by atoms with van der Waals surface area (Å²) >= 11 is 0. The summed E-state index contributed by atoms with van der Waals surface area (Å²) in [5.41, 5.74) is 2.74. The number of ether oxygens (including phenoxy) is 1. The summed E-state index contributed by atoms with van der Waals surface area (Å²) in [5.74, 6) is -0.183. The van der Waals surface area contributed by atoms with Gasteiger partial charge in [0.1, 0.15) is 6.10 Å². The lowest BCUT2D eigenvalue weighted by molar-refractivity contribution is -0.146. The van der Waals surface area contributed by atoms with Crippen LogP contribution in [0.15, 0.2) is 23.3 Å². The van der Waals surface area contributed by atoms with Crippen LogP contribution < -0.4 is 0 Å². The van der Waals surface area contributed by atoms with E-state index in [4.69, 9.17) is 9.26 Å². The van der Waals surface area contributed by atoms with Gasteiger partial charge in [0.15, 0.2) is 0 Å². The fourth-order valence-electron chi connectivity index (χ4n) is 1.95. The molecule has 3 nitrogen and oxygen atoms in total. The Balaban J connectivity index is 3.97. The molecule has 3 atom stereocenters. The molecule has 0 aliphatic heterocycles. The van der Waals surface area contributed by atoms with Crippen LogP contribution in [-0.2, 0) is 14.1 Å². The number of carbonyl (C=O) groups is 1. The smallest absolute Gasteiger partial charge is 0.302 e. The second-order valence-electron chi connectivity index (χ2n) is 5.25. The van der Waals surface area contributed by atoms with Gasteiger partial charge in [-0.25, -0.2) is 0 Å². The van der Waals surface area contributed by atoms with E-state index in [0.717, 1.165) is 32.1 Å². The Morgan fingerprint density at radius 1 is 1.19 bits per heavy atom. The number of allylic oxidation sites excluding steroid dienone is 3. The van der Waals surface area contributed by atoms with Crippen molar-refractivity contribution in [3.8, 4) is 0 Å². The van der Waals surface area contributed by atoms with Gasteiger partial charge in [-0.15, -0.1) is 0 Å². The van der Waals surface area contributed by atoms with Crippen molar-refractivity contribution in [1.29, 1.82) is 0 Å².